The van der Waals surface area contributed by atoms with Crippen LogP contribution in [0.2, 0.25) is 0 Å². The van der Waals surface area contributed by atoms with Crippen molar-refractivity contribution in [3.63, 3.8) is 0 Å². The highest BCUT2D eigenvalue weighted by molar-refractivity contribution is 5.87. The third-order valence-electron chi connectivity index (χ3n) is 5.55. The van der Waals surface area contributed by atoms with Gasteiger partial charge in [0.2, 0.25) is 0 Å². The molecule has 2 aromatic rings. The largest absolute Gasteiger partial charge is 0.478 e. The van der Waals surface area contributed by atoms with Gasteiger partial charge in [0.25, 0.3) is 0 Å². The van der Waals surface area contributed by atoms with E-state index in [0.717, 1.165) is 18.7 Å². The van der Waals surface area contributed by atoms with E-state index in [9.17, 15) is 4.79 Å². The molecule has 1 fully saturated rings. The van der Waals surface area contributed by atoms with Crippen LogP contribution in [0.25, 0.3) is 0 Å². The minimum atomic E-state index is -0.882. The van der Waals surface area contributed by atoms with E-state index in [1.807, 2.05) is 6.07 Å². The summed E-state index contributed by atoms with van der Waals surface area (Å²) >= 11 is 0. The van der Waals surface area contributed by atoms with Gasteiger partial charge in [0.1, 0.15) is 0 Å². The SMILES string of the molecule is CN(Cc1ccccc1CNCc1cccc(C(=O)O)c1)C1CCCCC1. The highest BCUT2D eigenvalue weighted by Crippen LogP contribution is 2.23. The second-order valence-electron chi connectivity index (χ2n) is 7.58. The molecular formula is C23H30N2O2. The van der Waals surface area contributed by atoms with Crippen LogP contribution in [-0.2, 0) is 19.6 Å². The summed E-state index contributed by atoms with van der Waals surface area (Å²) in [5.74, 6) is -0.882. The maximum atomic E-state index is 11.1. The molecule has 27 heavy (non-hydrogen) atoms. The molecule has 0 atom stereocenters. The molecule has 1 saturated carbocycles. The number of aromatic carboxylic acids is 1. The maximum Gasteiger partial charge on any atom is 0.335 e. The fourth-order valence-corrected chi connectivity index (χ4v) is 3.96. The van der Waals surface area contributed by atoms with Crippen LogP contribution < -0.4 is 5.32 Å². The van der Waals surface area contributed by atoms with E-state index in [1.54, 1.807) is 18.2 Å². The second-order valence-corrected chi connectivity index (χ2v) is 7.58. The molecule has 0 heterocycles. The number of carbonyl (C=O) groups is 1. The summed E-state index contributed by atoms with van der Waals surface area (Å²) in [5.41, 5.74) is 4.02. The van der Waals surface area contributed by atoms with Crippen molar-refractivity contribution in [3.05, 3.63) is 70.8 Å². The summed E-state index contributed by atoms with van der Waals surface area (Å²) in [4.78, 5) is 13.6. The molecule has 144 valence electrons. The summed E-state index contributed by atoms with van der Waals surface area (Å²) in [7, 11) is 2.25. The van der Waals surface area contributed by atoms with Gasteiger partial charge in [-0.1, -0.05) is 55.7 Å². The number of nitrogens with one attached hydrogen (secondary N) is 1. The molecule has 1 aliphatic carbocycles. The van der Waals surface area contributed by atoms with E-state index < -0.39 is 5.97 Å². The van der Waals surface area contributed by atoms with Gasteiger partial charge in [0.15, 0.2) is 0 Å². The third-order valence-corrected chi connectivity index (χ3v) is 5.55. The fraction of sp³-hybridized carbons (Fsp3) is 0.435. The first-order valence-corrected chi connectivity index (χ1v) is 9.93. The number of benzene rings is 2. The predicted octanol–water partition coefficient (Wildman–Crippen LogP) is 4.44. The lowest BCUT2D eigenvalue weighted by Gasteiger charge is -2.31. The average molecular weight is 367 g/mol. The molecule has 4 nitrogen and oxygen atoms in total. The zero-order valence-electron chi connectivity index (χ0n) is 16.2. The summed E-state index contributed by atoms with van der Waals surface area (Å²) in [6.45, 7) is 2.43. The lowest BCUT2D eigenvalue weighted by atomic mass is 9.94. The number of rotatable bonds is 8. The standard InChI is InChI=1S/C23H30N2O2/c1-25(22-12-3-2-4-13-22)17-21-10-6-5-9-20(21)16-24-15-18-8-7-11-19(14-18)23(26)27/h5-11,14,22,24H,2-4,12-13,15-17H2,1H3,(H,26,27). The zero-order chi connectivity index (χ0) is 19.1. The number of carboxylic acid groups (broad SMARTS) is 1. The normalized spacial score (nSPS) is 15.2. The van der Waals surface area contributed by atoms with E-state index in [1.165, 1.54) is 43.2 Å². The molecule has 3 rings (SSSR count). The average Bonchev–Trinajstić information content (AvgIpc) is 2.70. The molecule has 0 amide bonds. The van der Waals surface area contributed by atoms with Crippen molar-refractivity contribution in [2.75, 3.05) is 7.05 Å². The molecule has 1 aliphatic rings. The van der Waals surface area contributed by atoms with Crippen molar-refractivity contribution in [2.24, 2.45) is 0 Å². The number of nitrogens with zero attached hydrogens (tertiary/aromatic N) is 1. The van der Waals surface area contributed by atoms with Gasteiger partial charge in [-0.2, -0.15) is 0 Å². The van der Waals surface area contributed by atoms with E-state index in [2.05, 4.69) is 41.5 Å². The van der Waals surface area contributed by atoms with Crippen LogP contribution in [0.3, 0.4) is 0 Å². The van der Waals surface area contributed by atoms with E-state index in [0.29, 0.717) is 18.2 Å². The first-order chi connectivity index (χ1) is 13.1. The van der Waals surface area contributed by atoms with Crippen LogP contribution in [0.4, 0.5) is 0 Å². The Labute approximate surface area is 162 Å². The Balaban J connectivity index is 1.57. The zero-order valence-corrected chi connectivity index (χ0v) is 16.2. The molecule has 4 heteroatoms. The summed E-state index contributed by atoms with van der Waals surface area (Å²) in [6, 6.07) is 16.4. The Hall–Kier alpha value is -2.17. The quantitative estimate of drug-likeness (QED) is 0.725. The van der Waals surface area contributed by atoms with Gasteiger partial charge in [0.05, 0.1) is 5.56 Å². The molecule has 2 N–H and O–H groups in total. The number of carboxylic acids is 1. The minimum absolute atomic E-state index is 0.337. The minimum Gasteiger partial charge on any atom is -0.478 e. The van der Waals surface area contributed by atoms with Gasteiger partial charge in [-0.3, -0.25) is 4.90 Å². The van der Waals surface area contributed by atoms with E-state index in [4.69, 9.17) is 5.11 Å². The Morgan fingerprint density at radius 2 is 1.78 bits per heavy atom. The van der Waals surface area contributed by atoms with Crippen LogP contribution in [0.1, 0.15) is 59.2 Å². The van der Waals surface area contributed by atoms with Crippen LogP contribution in [0.5, 0.6) is 0 Å². The Morgan fingerprint density at radius 3 is 2.52 bits per heavy atom. The van der Waals surface area contributed by atoms with E-state index in [-0.39, 0.29) is 0 Å². The third kappa shape index (κ3) is 5.65. The van der Waals surface area contributed by atoms with Gasteiger partial charge in [-0.05, 0) is 48.7 Å². The highest BCUT2D eigenvalue weighted by atomic mass is 16.4. The van der Waals surface area contributed by atoms with Gasteiger partial charge in [-0.15, -0.1) is 0 Å². The van der Waals surface area contributed by atoms with Gasteiger partial charge < -0.3 is 10.4 Å². The first-order valence-electron chi connectivity index (χ1n) is 9.93. The molecule has 2 aromatic carbocycles. The second kappa shape index (κ2) is 9.67. The summed E-state index contributed by atoms with van der Waals surface area (Å²) in [5, 5.41) is 12.6. The Bertz CT molecular complexity index is 754. The van der Waals surface area contributed by atoms with Crippen molar-refractivity contribution >= 4 is 5.97 Å². The molecule has 0 spiro atoms. The van der Waals surface area contributed by atoms with Gasteiger partial charge in [-0.25, -0.2) is 4.79 Å². The number of hydrogen-bond donors (Lipinski definition) is 2. The lowest BCUT2D eigenvalue weighted by Crippen LogP contribution is -2.33. The van der Waals surface area contributed by atoms with Gasteiger partial charge in [0, 0.05) is 25.7 Å². The predicted molar refractivity (Wildman–Crippen MR) is 109 cm³/mol. The number of hydrogen-bond acceptors (Lipinski definition) is 3. The first kappa shape index (κ1) is 19.6. The maximum absolute atomic E-state index is 11.1. The van der Waals surface area contributed by atoms with Crippen molar-refractivity contribution < 1.29 is 9.90 Å². The molecule has 0 bridgehead atoms. The van der Waals surface area contributed by atoms with Crippen molar-refractivity contribution in [1.82, 2.24) is 10.2 Å². The van der Waals surface area contributed by atoms with Crippen LogP contribution in [0.15, 0.2) is 48.5 Å². The van der Waals surface area contributed by atoms with Crippen LogP contribution in [-0.4, -0.2) is 29.1 Å². The van der Waals surface area contributed by atoms with Crippen LogP contribution in [0, 0.1) is 0 Å². The highest BCUT2D eigenvalue weighted by Gasteiger charge is 2.18. The van der Waals surface area contributed by atoms with Crippen molar-refractivity contribution in [1.29, 1.82) is 0 Å². The van der Waals surface area contributed by atoms with Crippen LogP contribution >= 0.6 is 0 Å². The van der Waals surface area contributed by atoms with Gasteiger partial charge >= 0.3 is 5.97 Å². The molecule has 0 unspecified atom stereocenters. The smallest absolute Gasteiger partial charge is 0.335 e. The molecular weight excluding hydrogens is 336 g/mol. The summed E-state index contributed by atoms with van der Waals surface area (Å²) in [6.07, 6.45) is 6.73. The fourth-order valence-electron chi connectivity index (χ4n) is 3.96. The molecule has 0 aliphatic heterocycles. The monoisotopic (exact) mass is 366 g/mol. The van der Waals surface area contributed by atoms with E-state index >= 15 is 0 Å². The summed E-state index contributed by atoms with van der Waals surface area (Å²) < 4.78 is 0. The lowest BCUT2D eigenvalue weighted by molar-refractivity contribution is 0.0696. The topological polar surface area (TPSA) is 52.6 Å². The molecule has 0 radical (unpaired) electrons. The molecule has 0 aromatic heterocycles. The Morgan fingerprint density at radius 1 is 1.04 bits per heavy atom. The van der Waals surface area contributed by atoms with Crippen molar-refractivity contribution in [3.8, 4) is 0 Å². The Kier molecular flexibility index (Phi) is 7.02. The molecule has 0 saturated heterocycles. The van der Waals surface area contributed by atoms with Crippen molar-refractivity contribution in [2.45, 2.75) is 57.8 Å².